The second-order valence-corrected chi connectivity index (χ2v) is 4.49. The lowest BCUT2D eigenvalue weighted by molar-refractivity contribution is -0.136. The number of piperidine rings is 1. The number of imide groups is 2. The van der Waals surface area contributed by atoms with Crippen LogP contribution >= 0.6 is 0 Å². The highest BCUT2D eigenvalue weighted by Gasteiger charge is 2.45. The third-order valence-corrected chi connectivity index (χ3v) is 3.29. The summed E-state index contributed by atoms with van der Waals surface area (Å²) < 4.78 is 23.1. The average molecular weight is 276 g/mol. The van der Waals surface area contributed by atoms with E-state index < -0.39 is 47.8 Å². The third kappa shape index (κ3) is 1.59. The standard InChI is InChI=1S/C13H11N3O4/c14-7-3-1-2-6-10(7)13(20)16(12(6)19)8-4-5-9(17)15-11(8)18/h1-3,8H,4-5,14H2,(H,15,17,18)/t8-/m1/s1/i1D,2D,3D. The number of carbonyl (C=O) groups excluding carboxylic acids is 4. The second-order valence-electron chi connectivity index (χ2n) is 4.49. The molecule has 0 radical (unpaired) electrons. The molecule has 102 valence electrons. The molecule has 0 unspecified atom stereocenters. The van der Waals surface area contributed by atoms with Crippen molar-refractivity contribution in [3.63, 3.8) is 0 Å². The van der Waals surface area contributed by atoms with Crippen molar-refractivity contribution in [3.8, 4) is 0 Å². The van der Waals surface area contributed by atoms with Crippen molar-refractivity contribution in [1.82, 2.24) is 10.2 Å². The first-order valence-corrected chi connectivity index (χ1v) is 5.86. The van der Waals surface area contributed by atoms with E-state index in [0.717, 1.165) is 0 Å². The van der Waals surface area contributed by atoms with Crippen molar-refractivity contribution < 1.29 is 23.3 Å². The van der Waals surface area contributed by atoms with Gasteiger partial charge < -0.3 is 5.73 Å². The molecule has 4 amide bonds. The molecular formula is C13H11N3O4. The minimum Gasteiger partial charge on any atom is -0.398 e. The number of anilines is 1. The Labute approximate surface area is 117 Å². The number of rotatable bonds is 1. The van der Waals surface area contributed by atoms with Crippen LogP contribution in [0.25, 0.3) is 0 Å². The molecule has 7 nitrogen and oxygen atoms in total. The maximum Gasteiger partial charge on any atom is 0.264 e. The summed E-state index contributed by atoms with van der Waals surface area (Å²) >= 11 is 0. The van der Waals surface area contributed by atoms with Gasteiger partial charge in [0.1, 0.15) is 6.04 Å². The van der Waals surface area contributed by atoms with Crippen molar-refractivity contribution in [2.45, 2.75) is 18.9 Å². The first-order chi connectivity index (χ1) is 10.8. The maximum atomic E-state index is 12.5. The number of fused-ring (bicyclic) bond motifs is 1. The van der Waals surface area contributed by atoms with E-state index >= 15 is 0 Å². The van der Waals surface area contributed by atoms with E-state index in [1.54, 1.807) is 0 Å². The van der Waals surface area contributed by atoms with E-state index in [1.165, 1.54) is 0 Å². The zero-order chi connectivity index (χ0) is 17.0. The fourth-order valence-electron chi connectivity index (χ4n) is 2.35. The molecule has 2 aliphatic heterocycles. The van der Waals surface area contributed by atoms with Gasteiger partial charge in [0.05, 0.1) is 15.2 Å². The molecule has 1 fully saturated rings. The van der Waals surface area contributed by atoms with Crippen LogP contribution in [0.15, 0.2) is 18.1 Å². The Hall–Kier alpha value is -2.70. The summed E-state index contributed by atoms with van der Waals surface area (Å²) in [4.78, 5) is 48.7. The van der Waals surface area contributed by atoms with Crippen LogP contribution in [0.4, 0.5) is 5.69 Å². The fraction of sp³-hybridized carbons (Fsp3) is 0.231. The molecule has 0 spiro atoms. The lowest BCUT2D eigenvalue weighted by Crippen LogP contribution is -2.54. The number of nitrogen functional groups attached to an aromatic ring is 1. The van der Waals surface area contributed by atoms with E-state index in [2.05, 4.69) is 0 Å². The van der Waals surface area contributed by atoms with Gasteiger partial charge in [0.2, 0.25) is 11.8 Å². The molecule has 3 rings (SSSR count). The number of nitrogens with zero attached hydrogens (tertiary/aromatic N) is 1. The molecule has 0 bridgehead atoms. The fourth-order valence-corrected chi connectivity index (χ4v) is 2.35. The predicted octanol–water partition coefficient (Wildman–Crippen LogP) is -0.330. The van der Waals surface area contributed by atoms with Crippen molar-refractivity contribution >= 4 is 29.3 Å². The number of hydrogen-bond acceptors (Lipinski definition) is 5. The first kappa shape index (κ1) is 9.24. The summed E-state index contributed by atoms with van der Waals surface area (Å²) in [6, 6.07) is -2.83. The van der Waals surface area contributed by atoms with Crippen molar-refractivity contribution in [2.75, 3.05) is 5.73 Å². The van der Waals surface area contributed by atoms with Crippen LogP contribution in [0.5, 0.6) is 0 Å². The summed E-state index contributed by atoms with van der Waals surface area (Å²) in [5, 5.41) is 2.05. The molecule has 20 heavy (non-hydrogen) atoms. The van der Waals surface area contributed by atoms with Crippen LogP contribution in [0.3, 0.4) is 0 Å². The van der Waals surface area contributed by atoms with Gasteiger partial charge in [0.25, 0.3) is 11.8 Å². The van der Waals surface area contributed by atoms with E-state index in [9.17, 15) is 19.2 Å². The van der Waals surface area contributed by atoms with Crippen LogP contribution in [-0.4, -0.2) is 34.6 Å². The number of carbonyl (C=O) groups is 4. The zero-order valence-corrected chi connectivity index (χ0v) is 10.1. The molecular weight excluding hydrogens is 262 g/mol. The highest BCUT2D eigenvalue weighted by Crippen LogP contribution is 2.30. The second kappa shape index (κ2) is 4.16. The Morgan fingerprint density at radius 1 is 1.25 bits per heavy atom. The molecule has 2 aliphatic rings. The largest absolute Gasteiger partial charge is 0.398 e. The number of hydrogen-bond donors (Lipinski definition) is 2. The molecule has 0 aliphatic carbocycles. The Bertz CT molecular complexity index is 761. The van der Waals surface area contributed by atoms with Crippen molar-refractivity contribution in [3.05, 3.63) is 29.3 Å². The van der Waals surface area contributed by atoms with E-state index in [0.29, 0.717) is 4.90 Å². The lowest BCUT2D eigenvalue weighted by Gasteiger charge is -2.27. The van der Waals surface area contributed by atoms with Gasteiger partial charge in [-0.25, -0.2) is 0 Å². The molecule has 1 saturated heterocycles. The summed E-state index contributed by atoms with van der Waals surface area (Å²) in [7, 11) is 0. The minimum atomic E-state index is -1.18. The normalized spacial score (nSPS) is 24.1. The number of nitrogens with two attached hydrogens (primary N) is 1. The molecule has 1 atom stereocenters. The third-order valence-electron chi connectivity index (χ3n) is 3.29. The van der Waals surface area contributed by atoms with Crippen LogP contribution in [0, 0.1) is 0 Å². The topological polar surface area (TPSA) is 110 Å². The first-order valence-electron chi connectivity index (χ1n) is 7.36. The molecule has 1 aromatic rings. The Kier molecular flexibility index (Phi) is 1.92. The van der Waals surface area contributed by atoms with Gasteiger partial charge in [0.15, 0.2) is 0 Å². The lowest BCUT2D eigenvalue weighted by atomic mass is 10.0. The maximum absolute atomic E-state index is 12.5. The minimum absolute atomic E-state index is 0.0230. The number of nitrogens with one attached hydrogen (secondary N) is 1. The molecule has 0 saturated carbocycles. The van der Waals surface area contributed by atoms with E-state index in [4.69, 9.17) is 9.85 Å². The van der Waals surface area contributed by atoms with Gasteiger partial charge in [-0.3, -0.25) is 29.4 Å². The van der Waals surface area contributed by atoms with Crippen LogP contribution in [0.2, 0.25) is 0 Å². The summed E-state index contributed by atoms with van der Waals surface area (Å²) in [5.41, 5.74) is 4.59. The van der Waals surface area contributed by atoms with Gasteiger partial charge in [-0.05, 0) is 18.5 Å². The highest BCUT2D eigenvalue weighted by atomic mass is 16.2. The predicted molar refractivity (Wildman–Crippen MR) is 67.5 cm³/mol. The monoisotopic (exact) mass is 276 g/mol. The quantitative estimate of drug-likeness (QED) is 0.539. The Morgan fingerprint density at radius 3 is 2.70 bits per heavy atom. The molecule has 2 heterocycles. The van der Waals surface area contributed by atoms with E-state index in [1.807, 2.05) is 5.32 Å². The number of amides is 4. The molecule has 3 N–H and O–H groups in total. The smallest absolute Gasteiger partial charge is 0.264 e. The molecule has 1 aromatic carbocycles. The summed E-state index contributed by atoms with van der Waals surface area (Å²) in [5.74, 6) is -3.08. The molecule has 7 heteroatoms. The van der Waals surface area contributed by atoms with Crippen LogP contribution < -0.4 is 11.1 Å². The summed E-state index contributed by atoms with van der Waals surface area (Å²) in [6.07, 6.45) is -0.0503. The Morgan fingerprint density at radius 2 is 2.00 bits per heavy atom. The van der Waals surface area contributed by atoms with Gasteiger partial charge >= 0.3 is 0 Å². The van der Waals surface area contributed by atoms with Gasteiger partial charge in [0, 0.05) is 12.1 Å². The van der Waals surface area contributed by atoms with Crippen molar-refractivity contribution in [1.29, 1.82) is 0 Å². The number of benzene rings is 1. The summed E-state index contributed by atoms with van der Waals surface area (Å²) in [6.45, 7) is 0. The van der Waals surface area contributed by atoms with Gasteiger partial charge in [-0.15, -0.1) is 0 Å². The van der Waals surface area contributed by atoms with Crippen LogP contribution in [-0.2, 0) is 9.59 Å². The SMILES string of the molecule is [2H]c1c([2H])c(N)c2c(c1[2H])C(=O)N([C@@H]1CCC(=O)NC1=O)C2=O. The zero-order valence-electron chi connectivity index (χ0n) is 13.1. The Balaban J connectivity index is 2.12. The van der Waals surface area contributed by atoms with Gasteiger partial charge in [-0.2, -0.15) is 0 Å². The highest BCUT2D eigenvalue weighted by molar-refractivity contribution is 6.25. The van der Waals surface area contributed by atoms with E-state index in [-0.39, 0.29) is 29.7 Å². The van der Waals surface area contributed by atoms with Crippen molar-refractivity contribution in [2.24, 2.45) is 0 Å². The average Bonchev–Trinajstić information content (AvgIpc) is 2.75. The van der Waals surface area contributed by atoms with Crippen LogP contribution in [0.1, 0.15) is 37.7 Å². The van der Waals surface area contributed by atoms with Gasteiger partial charge in [-0.1, -0.05) is 6.04 Å². The molecule has 0 aromatic heterocycles.